The van der Waals surface area contributed by atoms with Gasteiger partial charge in [-0.3, -0.25) is 0 Å². The standard InChI is InChI=1S/C9H16S2/c1-3-5-6-7-9-11-10-8-4-2/h3,7,9H,1,4-6,8H2,2H3/b9-7+. The molecule has 0 nitrogen and oxygen atoms in total. The fourth-order valence-corrected chi connectivity index (χ4v) is 2.31. The van der Waals surface area contributed by atoms with Crippen molar-refractivity contribution < 1.29 is 0 Å². The van der Waals surface area contributed by atoms with Crippen LogP contribution in [0.2, 0.25) is 0 Å². The van der Waals surface area contributed by atoms with Gasteiger partial charge in [0.05, 0.1) is 0 Å². The minimum atomic E-state index is 1.09. The molecule has 0 aliphatic rings. The quantitative estimate of drug-likeness (QED) is 0.333. The van der Waals surface area contributed by atoms with Crippen LogP contribution in [0.25, 0.3) is 0 Å². The Morgan fingerprint density at radius 1 is 1.36 bits per heavy atom. The summed E-state index contributed by atoms with van der Waals surface area (Å²) in [5.41, 5.74) is 0. The highest BCUT2D eigenvalue weighted by Crippen LogP contribution is 2.22. The number of allylic oxidation sites excluding steroid dienone is 2. The zero-order valence-corrected chi connectivity index (χ0v) is 8.72. The van der Waals surface area contributed by atoms with Gasteiger partial charge in [0, 0.05) is 5.75 Å². The maximum Gasteiger partial charge on any atom is 0.00375 e. The van der Waals surface area contributed by atoms with Crippen molar-refractivity contribution in [2.75, 3.05) is 5.75 Å². The Hall–Kier alpha value is 0.180. The van der Waals surface area contributed by atoms with E-state index in [2.05, 4.69) is 25.0 Å². The zero-order valence-electron chi connectivity index (χ0n) is 7.08. The maximum atomic E-state index is 3.66. The molecule has 0 spiro atoms. The second-order valence-electron chi connectivity index (χ2n) is 2.16. The van der Waals surface area contributed by atoms with Crippen LogP contribution in [0.1, 0.15) is 26.2 Å². The highest BCUT2D eigenvalue weighted by molar-refractivity contribution is 8.77. The first kappa shape index (κ1) is 11.2. The highest BCUT2D eigenvalue weighted by atomic mass is 33.1. The van der Waals surface area contributed by atoms with Gasteiger partial charge >= 0.3 is 0 Å². The Balaban J connectivity index is 2.97. The molecule has 0 aromatic heterocycles. The van der Waals surface area contributed by atoms with E-state index in [4.69, 9.17) is 0 Å². The van der Waals surface area contributed by atoms with Gasteiger partial charge < -0.3 is 0 Å². The van der Waals surface area contributed by atoms with Crippen molar-refractivity contribution in [1.29, 1.82) is 0 Å². The predicted octanol–water partition coefficient (Wildman–Crippen LogP) is 4.26. The SMILES string of the molecule is C=CCC/C=C/SSCCC. The largest absolute Gasteiger partial charge is 0.103 e. The van der Waals surface area contributed by atoms with Gasteiger partial charge in [0.2, 0.25) is 0 Å². The molecule has 2 heteroatoms. The molecule has 0 aromatic carbocycles. The van der Waals surface area contributed by atoms with E-state index in [-0.39, 0.29) is 0 Å². The van der Waals surface area contributed by atoms with Crippen LogP contribution < -0.4 is 0 Å². The molecule has 0 saturated heterocycles. The van der Waals surface area contributed by atoms with Crippen molar-refractivity contribution in [2.24, 2.45) is 0 Å². The van der Waals surface area contributed by atoms with Crippen LogP contribution in [-0.2, 0) is 0 Å². The lowest BCUT2D eigenvalue weighted by Crippen LogP contribution is -1.65. The predicted molar refractivity (Wildman–Crippen MR) is 58.9 cm³/mol. The first-order valence-corrected chi connectivity index (χ1v) is 6.34. The normalized spacial score (nSPS) is 10.6. The third-order valence-corrected chi connectivity index (χ3v) is 3.30. The van der Waals surface area contributed by atoms with E-state index >= 15 is 0 Å². The van der Waals surface area contributed by atoms with Crippen molar-refractivity contribution in [3.63, 3.8) is 0 Å². The van der Waals surface area contributed by atoms with Crippen molar-refractivity contribution in [3.05, 3.63) is 24.1 Å². The van der Waals surface area contributed by atoms with Gasteiger partial charge in [-0.25, -0.2) is 0 Å². The zero-order chi connectivity index (χ0) is 8.36. The summed E-state index contributed by atoms with van der Waals surface area (Å²) in [5.74, 6) is 1.25. The average molecular weight is 188 g/mol. The molecule has 0 fully saturated rings. The fourth-order valence-electron chi connectivity index (χ4n) is 0.492. The average Bonchev–Trinajstić information content (AvgIpc) is 2.03. The van der Waals surface area contributed by atoms with Crippen LogP contribution in [0.4, 0.5) is 0 Å². The molecule has 0 heterocycles. The van der Waals surface area contributed by atoms with E-state index in [1.165, 1.54) is 12.2 Å². The van der Waals surface area contributed by atoms with Crippen molar-refractivity contribution in [2.45, 2.75) is 26.2 Å². The molecule has 0 N–H and O–H groups in total. The molecule has 0 aliphatic heterocycles. The molecule has 0 saturated carbocycles. The lowest BCUT2D eigenvalue weighted by atomic mass is 10.3. The molecule has 11 heavy (non-hydrogen) atoms. The summed E-state index contributed by atoms with van der Waals surface area (Å²) in [6.07, 6.45) is 7.64. The summed E-state index contributed by atoms with van der Waals surface area (Å²) in [6, 6.07) is 0. The summed E-state index contributed by atoms with van der Waals surface area (Å²) < 4.78 is 0. The molecule has 0 rings (SSSR count). The monoisotopic (exact) mass is 188 g/mol. The van der Waals surface area contributed by atoms with Crippen LogP contribution in [0.5, 0.6) is 0 Å². The molecule has 0 atom stereocenters. The van der Waals surface area contributed by atoms with Crippen molar-refractivity contribution >= 4 is 21.6 Å². The summed E-state index contributed by atoms with van der Waals surface area (Å²) in [4.78, 5) is 0. The number of hydrogen-bond acceptors (Lipinski definition) is 2. The number of rotatable bonds is 7. The van der Waals surface area contributed by atoms with Gasteiger partial charge in [0.15, 0.2) is 0 Å². The van der Waals surface area contributed by atoms with Gasteiger partial charge in [-0.05, 0) is 24.7 Å². The first-order valence-electron chi connectivity index (χ1n) is 3.96. The van der Waals surface area contributed by atoms with Crippen LogP contribution in [-0.4, -0.2) is 5.75 Å². The summed E-state index contributed by atoms with van der Waals surface area (Å²) >= 11 is 0. The molecule has 0 aromatic rings. The molecule has 0 amide bonds. The Kier molecular flexibility index (Phi) is 10.3. The number of unbranched alkanes of at least 4 members (excludes halogenated alkanes) is 1. The molecular weight excluding hydrogens is 172 g/mol. The van der Waals surface area contributed by atoms with Gasteiger partial charge in [-0.1, -0.05) is 40.7 Å². The van der Waals surface area contributed by atoms with Gasteiger partial charge in [-0.15, -0.1) is 6.58 Å². The van der Waals surface area contributed by atoms with Gasteiger partial charge in [-0.2, -0.15) is 0 Å². The maximum absolute atomic E-state index is 3.66. The highest BCUT2D eigenvalue weighted by Gasteiger charge is 1.81. The molecule has 0 bridgehead atoms. The second kappa shape index (κ2) is 10.2. The lowest BCUT2D eigenvalue weighted by Gasteiger charge is -1.90. The van der Waals surface area contributed by atoms with E-state index in [1.54, 1.807) is 0 Å². The topological polar surface area (TPSA) is 0 Å². The Bertz CT molecular complexity index is 108. The summed E-state index contributed by atoms with van der Waals surface area (Å²) in [5, 5.41) is 2.17. The van der Waals surface area contributed by atoms with Gasteiger partial charge in [0.1, 0.15) is 0 Å². The molecule has 64 valence electrons. The Morgan fingerprint density at radius 3 is 2.82 bits per heavy atom. The number of hydrogen-bond donors (Lipinski definition) is 0. The molecule has 0 unspecified atom stereocenters. The van der Waals surface area contributed by atoms with Crippen LogP contribution in [0, 0.1) is 0 Å². The smallest absolute Gasteiger partial charge is 0.00375 e. The Labute approximate surface area is 77.9 Å². The minimum Gasteiger partial charge on any atom is -0.103 e. The van der Waals surface area contributed by atoms with Crippen LogP contribution in [0.3, 0.4) is 0 Å². The van der Waals surface area contributed by atoms with Gasteiger partial charge in [0.25, 0.3) is 0 Å². The van der Waals surface area contributed by atoms with E-state index < -0.39 is 0 Å². The molecular formula is C9H16S2. The summed E-state index contributed by atoms with van der Waals surface area (Å²) in [7, 11) is 3.75. The van der Waals surface area contributed by atoms with E-state index in [1.807, 2.05) is 27.7 Å². The van der Waals surface area contributed by atoms with E-state index in [9.17, 15) is 0 Å². The van der Waals surface area contributed by atoms with Crippen LogP contribution in [0.15, 0.2) is 24.1 Å². The van der Waals surface area contributed by atoms with E-state index in [0.717, 1.165) is 12.8 Å². The minimum absolute atomic E-state index is 1.09. The summed E-state index contributed by atoms with van der Waals surface area (Å²) in [6.45, 7) is 5.87. The molecule has 0 aliphatic carbocycles. The second-order valence-corrected chi connectivity index (χ2v) is 4.55. The molecule has 0 radical (unpaired) electrons. The van der Waals surface area contributed by atoms with Crippen molar-refractivity contribution in [1.82, 2.24) is 0 Å². The third-order valence-electron chi connectivity index (χ3n) is 1.04. The van der Waals surface area contributed by atoms with E-state index in [0.29, 0.717) is 0 Å². The lowest BCUT2D eigenvalue weighted by molar-refractivity contribution is 1.06. The third kappa shape index (κ3) is 10.2. The van der Waals surface area contributed by atoms with Crippen molar-refractivity contribution in [3.8, 4) is 0 Å². The fraction of sp³-hybridized carbons (Fsp3) is 0.556. The van der Waals surface area contributed by atoms with Crippen LogP contribution >= 0.6 is 21.6 Å². The first-order chi connectivity index (χ1) is 5.41. The Morgan fingerprint density at radius 2 is 2.18 bits per heavy atom.